The summed E-state index contributed by atoms with van der Waals surface area (Å²) in [5, 5.41) is 7.35. The fraction of sp³-hybridized carbons (Fsp3) is 0.217. The molecule has 152 valence electrons. The lowest BCUT2D eigenvalue weighted by molar-refractivity contribution is -0.116. The number of nitrogens with zero attached hydrogens (tertiary/aromatic N) is 4. The van der Waals surface area contributed by atoms with E-state index in [0.29, 0.717) is 17.3 Å². The van der Waals surface area contributed by atoms with Crippen molar-refractivity contribution in [2.45, 2.75) is 34.2 Å². The minimum atomic E-state index is -0.277. The number of fused-ring (bicyclic) bond motifs is 1. The molecule has 0 spiro atoms. The molecule has 2 aromatic heterocycles. The second-order valence-corrected chi connectivity index (χ2v) is 7.54. The van der Waals surface area contributed by atoms with Crippen LogP contribution in [0.15, 0.2) is 53.3 Å². The molecule has 2 aromatic carbocycles. The number of benzene rings is 2. The molecular formula is C23H23N5O2. The Hall–Kier alpha value is -3.74. The van der Waals surface area contributed by atoms with Crippen molar-refractivity contribution in [3.05, 3.63) is 81.3 Å². The molecule has 0 unspecified atom stereocenters. The summed E-state index contributed by atoms with van der Waals surface area (Å²) >= 11 is 0. The molecule has 2 heterocycles. The lowest BCUT2D eigenvalue weighted by atomic mass is 10.1. The third-order valence-electron chi connectivity index (χ3n) is 5.14. The van der Waals surface area contributed by atoms with Gasteiger partial charge in [0, 0.05) is 23.0 Å². The first-order chi connectivity index (χ1) is 14.3. The van der Waals surface area contributed by atoms with E-state index in [-0.39, 0.29) is 18.0 Å². The molecule has 0 fully saturated rings. The van der Waals surface area contributed by atoms with Crippen molar-refractivity contribution in [3.8, 4) is 11.4 Å². The summed E-state index contributed by atoms with van der Waals surface area (Å²) in [6.07, 6.45) is 0. The number of aryl methyl sites for hydroxylation is 4. The van der Waals surface area contributed by atoms with Crippen molar-refractivity contribution >= 4 is 17.4 Å². The number of aromatic nitrogens is 4. The molecule has 7 nitrogen and oxygen atoms in total. The van der Waals surface area contributed by atoms with Crippen molar-refractivity contribution in [1.82, 2.24) is 19.2 Å². The van der Waals surface area contributed by atoms with E-state index in [9.17, 15) is 9.59 Å². The molecule has 1 amide bonds. The molecule has 0 atom stereocenters. The lowest BCUT2D eigenvalue weighted by Gasteiger charge is -2.13. The molecule has 0 radical (unpaired) electrons. The second-order valence-electron chi connectivity index (χ2n) is 7.54. The van der Waals surface area contributed by atoms with Gasteiger partial charge in [-0.2, -0.15) is 9.50 Å². The average Bonchev–Trinajstić information content (AvgIpc) is 3.13. The van der Waals surface area contributed by atoms with Crippen LogP contribution < -0.4 is 10.9 Å². The minimum Gasteiger partial charge on any atom is -0.324 e. The van der Waals surface area contributed by atoms with E-state index in [1.54, 1.807) is 11.5 Å². The van der Waals surface area contributed by atoms with Gasteiger partial charge in [0.25, 0.3) is 5.56 Å². The zero-order chi connectivity index (χ0) is 21.4. The Morgan fingerprint density at radius 1 is 1.00 bits per heavy atom. The van der Waals surface area contributed by atoms with Gasteiger partial charge in [-0.05, 0) is 44.9 Å². The zero-order valence-corrected chi connectivity index (χ0v) is 17.4. The smallest absolute Gasteiger partial charge is 0.275 e. The topological polar surface area (TPSA) is 81.3 Å². The van der Waals surface area contributed by atoms with E-state index in [0.717, 1.165) is 27.9 Å². The summed E-state index contributed by atoms with van der Waals surface area (Å²) in [5.41, 5.74) is 5.13. The third-order valence-corrected chi connectivity index (χ3v) is 5.14. The second kappa shape index (κ2) is 7.59. The summed E-state index contributed by atoms with van der Waals surface area (Å²) < 4.78 is 2.95. The summed E-state index contributed by atoms with van der Waals surface area (Å²) in [4.78, 5) is 29.8. The van der Waals surface area contributed by atoms with Crippen LogP contribution in [0.4, 0.5) is 5.69 Å². The van der Waals surface area contributed by atoms with Gasteiger partial charge in [-0.1, -0.05) is 42.0 Å². The van der Waals surface area contributed by atoms with Crippen LogP contribution in [0.25, 0.3) is 17.2 Å². The highest BCUT2D eigenvalue weighted by atomic mass is 16.2. The number of carbonyl (C=O) groups excluding carboxylic acids is 1. The predicted octanol–water partition coefficient (Wildman–Crippen LogP) is 3.43. The first-order valence-electron chi connectivity index (χ1n) is 9.74. The highest BCUT2D eigenvalue weighted by Gasteiger charge is 2.16. The molecule has 0 aliphatic carbocycles. The van der Waals surface area contributed by atoms with Crippen molar-refractivity contribution in [1.29, 1.82) is 0 Å². The fourth-order valence-corrected chi connectivity index (χ4v) is 3.52. The highest BCUT2D eigenvalue weighted by Crippen LogP contribution is 2.20. The van der Waals surface area contributed by atoms with Crippen LogP contribution in [-0.2, 0) is 11.3 Å². The van der Waals surface area contributed by atoms with E-state index >= 15 is 0 Å². The van der Waals surface area contributed by atoms with E-state index < -0.39 is 0 Å². The summed E-state index contributed by atoms with van der Waals surface area (Å²) in [7, 11) is 0. The number of hydrogen-bond acceptors (Lipinski definition) is 4. The number of rotatable bonds is 4. The summed E-state index contributed by atoms with van der Waals surface area (Å²) in [5.74, 6) is 0.601. The zero-order valence-electron chi connectivity index (χ0n) is 17.4. The van der Waals surface area contributed by atoms with Gasteiger partial charge in [0.05, 0.1) is 0 Å². The maximum Gasteiger partial charge on any atom is 0.275 e. The van der Waals surface area contributed by atoms with Gasteiger partial charge in [0.15, 0.2) is 5.82 Å². The highest BCUT2D eigenvalue weighted by molar-refractivity contribution is 5.91. The Bertz CT molecular complexity index is 1330. The molecule has 0 aliphatic rings. The van der Waals surface area contributed by atoms with Crippen LogP contribution in [-0.4, -0.2) is 25.1 Å². The van der Waals surface area contributed by atoms with Gasteiger partial charge in [0.1, 0.15) is 6.54 Å². The largest absolute Gasteiger partial charge is 0.324 e. The van der Waals surface area contributed by atoms with Crippen molar-refractivity contribution < 1.29 is 4.79 Å². The Morgan fingerprint density at radius 3 is 2.50 bits per heavy atom. The first kappa shape index (κ1) is 19.6. The van der Waals surface area contributed by atoms with Crippen LogP contribution in [0, 0.1) is 27.7 Å². The Morgan fingerprint density at radius 2 is 1.77 bits per heavy atom. The lowest BCUT2D eigenvalue weighted by Crippen LogP contribution is -2.25. The van der Waals surface area contributed by atoms with Gasteiger partial charge >= 0.3 is 0 Å². The van der Waals surface area contributed by atoms with Crippen molar-refractivity contribution in [3.63, 3.8) is 0 Å². The molecule has 7 heteroatoms. The Kier molecular flexibility index (Phi) is 4.95. The van der Waals surface area contributed by atoms with Gasteiger partial charge in [-0.3, -0.25) is 9.59 Å². The van der Waals surface area contributed by atoms with Crippen LogP contribution in [0.2, 0.25) is 0 Å². The molecule has 0 saturated heterocycles. The molecule has 0 bridgehead atoms. The predicted molar refractivity (Wildman–Crippen MR) is 117 cm³/mol. The van der Waals surface area contributed by atoms with Gasteiger partial charge in [-0.25, -0.2) is 0 Å². The van der Waals surface area contributed by atoms with Crippen molar-refractivity contribution in [2.75, 3.05) is 5.32 Å². The van der Waals surface area contributed by atoms with Crippen LogP contribution in [0.3, 0.4) is 0 Å². The van der Waals surface area contributed by atoms with Gasteiger partial charge < -0.3 is 9.88 Å². The quantitative estimate of drug-likeness (QED) is 0.568. The molecule has 1 N–H and O–H groups in total. The average molecular weight is 401 g/mol. The van der Waals surface area contributed by atoms with E-state index in [4.69, 9.17) is 0 Å². The standard InChI is InChI=1S/C23H23N5O2/c1-14-9-10-19(16(3)11-14)24-20(29)13-27-17(4)12-21(30)28-23(27)25-22(26-28)18-8-6-5-7-15(18)2/h5-12H,13H2,1-4H3,(H,24,29). The molecule has 4 rings (SSSR count). The van der Waals surface area contributed by atoms with Crippen LogP contribution in [0.1, 0.15) is 22.4 Å². The number of carbonyl (C=O) groups is 1. The maximum absolute atomic E-state index is 12.8. The number of hydrogen-bond donors (Lipinski definition) is 1. The third kappa shape index (κ3) is 3.61. The Labute approximate surface area is 174 Å². The molecule has 0 saturated carbocycles. The molecule has 30 heavy (non-hydrogen) atoms. The van der Waals surface area contributed by atoms with Crippen LogP contribution in [0.5, 0.6) is 0 Å². The summed E-state index contributed by atoms with van der Waals surface area (Å²) in [6, 6.07) is 15.1. The number of nitrogens with one attached hydrogen (secondary N) is 1. The van der Waals surface area contributed by atoms with Gasteiger partial charge in [0.2, 0.25) is 11.7 Å². The van der Waals surface area contributed by atoms with Crippen LogP contribution >= 0.6 is 0 Å². The molecular weight excluding hydrogens is 378 g/mol. The molecule has 0 aliphatic heterocycles. The Balaban J connectivity index is 1.72. The van der Waals surface area contributed by atoms with Crippen molar-refractivity contribution in [2.24, 2.45) is 0 Å². The maximum atomic E-state index is 12.8. The molecule has 4 aromatic rings. The van der Waals surface area contributed by atoms with E-state index in [1.807, 2.05) is 63.2 Å². The van der Waals surface area contributed by atoms with E-state index in [2.05, 4.69) is 15.4 Å². The fourth-order valence-electron chi connectivity index (χ4n) is 3.52. The first-order valence-corrected chi connectivity index (χ1v) is 9.74. The SMILES string of the molecule is Cc1ccc(NC(=O)Cn2c(C)cc(=O)n3nc(-c4ccccc4C)nc23)c(C)c1. The normalized spacial score (nSPS) is 11.1. The summed E-state index contributed by atoms with van der Waals surface area (Å²) in [6.45, 7) is 7.74. The van der Waals surface area contributed by atoms with E-state index in [1.165, 1.54) is 10.6 Å². The van der Waals surface area contributed by atoms with Gasteiger partial charge in [-0.15, -0.1) is 5.10 Å². The number of amides is 1. The minimum absolute atomic E-state index is 0.0227. The monoisotopic (exact) mass is 401 g/mol. The number of anilines is 1.